The van der Waals surface area contributed by atoms with Gasteiger partial charge in [-0.25, -0.2) is 0 Å². The lowest BCUT2D eigenvalue weighted by atomic mass is 9.87. The second-order valence-corrected chi connectivity index (χ2v) is 6.18. The number of fused-ring (bicyclic) bond motifs is 4. The van der Waals surface area contributed by atoms with Crippen molar-refractivity contribution in [1.29, 1.82) is 0 Å². The fraction of sp³-hybridized carbons (Fsp3) is 0.278. The highest BCUT2D eigenvalue weighted by atomic mass is 16.5. The van der Waals surface area contributed by atoms with Crippen LogP contribution in [0.25, 0.3) is 5.57 Å². The third-order valence-electron chi connectivity index (χ3n) is 4.01. The van der Waals surface area contributed by atoms with Gasteiger partial charge >= 0.3 is 0 Å². The lowest BCUT2D eigenvalue weighted by Gasteiger charge is -2.32. The molecule has 2 nitrogen and oxygen atoms in total. The van der Waals surface area contributed by atoms with Gasteiger partial charge < -0.3 is 4.74 Å². The molecule has 2 heterocycles. The maximum Gasteiger partial charge on any atom is 0.124 e. The van der Waals surface area contributed by atoms with Gasteiger partial charge in [0.05, 0.1) is 11.4 Å². The summed E-state index contributed by atoms with van der Waals surface area (Å²) in [5.74, 6) is 1.00. The fourth-order valence-electron chi connectivity index (χ4n) is 3.04. The molecule has 0 saturated carbocycles. The lowest BCUT2D eigenvalue weighted by molar-refractivity contribution is 0.0790. The molecule has 0 amide bonds. The van der Waals surface area contributed by atoms with Crippen LogP contribution in [0.3, 0.4) is 0 Å². The Balaban J connectivity index is 1.96. The minimum absolute atomic E-state index is 0.224. The van der Waals surface area contributed by atoms with E-state index in [2.05, 4.69) is 57.2 Å². The van der Waals surface area contributed by atoms with Crippen molar-refractivity contribution < 1.29 is 4.74 Å². The standard InChI is InChI=1S/C18H17NO/c1-11-4-5-14-13(10-11)17-12-8-9-18(2,3)20-16(12)7-6-15(17)19-14/h4-5,7-10H,6H2,1-3H3. The normalized spacial score (nSPS) is 21.6. The lowest BCUT2D eigenvalue weighted by Crippen LogP contribution is -2.26. The van der Waals surface area contributed by atoms with Crippen LogP contribution in [0, 0.1) is 6.92 Å². The summed E-state index contributed by atoms with van der Waals surface area (Å²) in [5, 5.41) is 0. The van der Waals surface area contributed by atoms with E-state index in [1.807, 2.05) is 0 Å². The van der Waals surface area contributed by atoms with E-state index in [4.69, 9.17) is 9.73 Å². The van der Waals surface area contributed by atoms with Crippen molar-refractivity contribution in [3.8, 4) is 0 Å². The van der Waals surface area contributed by atoms with Gasteiger partial charge in [0.25, 0.3) is 0 Å². The Bertz CT molecular complexity index is 745. The zero-order valence-corrected chi connectivity index (χ0v) is 12.0. The van der Waals surface area contributed by atoms with E-state index in [9.17, 15) is 0 Å². The molecule has 2 heteroatoms. The molecular formula is C18H17NO. The quantitative estimate of drug-likeness (QED) is 0.676. The van der Waals surface area contributed by atoms with E-state index in [1.165, 1.54) is 22.3 Å². The maximum atomic E-state index is 6.09. The molecule has 100 valence electrons. The van der Waals surface area contributed by atoms with Crippen molar-refractivity contribution in [2.45, 2.75) is 32.8 Å². The largest absolute Gasteiger partial charge is 0.483 e. The van der Waals surface area contributed by atoms with Crippen molar-refractivity contribution in [1.82, 2.24) is 0 Å². The number of hydrogen-bond acceptors (Lipinski definition) is 2. The van der Waals surface area contributed by atoms with E-state index in [0.29, 0.717) is 0 Å². The predicted molar refractivity (Wildman–Crippen MR) is 82.2 cm³/mol. The summed E-state index contributed by atoms with van der Waals surface area (Å²) in [6.45, 7) is 6.30. The van der Waals surface area contributed by atoms with Crippen molar-refractivity contribution in [3.63, 3.8) is 0 Å². The Morgan fingerprint density at radius 3 is 2.95 bits per heavy atom. The molecule has 1 aromatic carbocycles. The van der Waals surface area contributed by atoms with E-state index in [1.54, 1.807) is 0 Å². The number of hydrogen-bond donors (Lipinski definition) is 0. The predicted octanol–water partition coefficient (Wildman–Crippen LogP) is 4.49. The smallest absolute Gasteiger partial charge is 0.124 e. The van der Waals surface area contributed by atoms with Gasteiger partial charge in [-0.15, -0.1) is 0 Å². The number of ether oxygens (including phenoxy) is 1. The molecule has 0 atom stereocenters. The molecule has 0 radical (unpaired) electrons. The van der Waals surface area contributed by atoms with Crippen molar-refractivity contribution in [2.75, 3.05) is 0 Å². The zero-order chi connectivity index (χ0) is 13.9. The van der Waals surface area contributed by atoms with Crippen molar-refractivity contribution in [3.05, 3.63) is 58.9 Å². The van der Waals surface area contributed by atoms with Gasteiger partial charge in [0, 0.05) is 23.1 Å². The monoisotopic (exact) mass is 263 g/mol. The van der Waals surface area contributed by atoms with Gasteiger partial charge in [0.2, 0.25) is 0 Å². The third-order valence-corrected chi connectivity index (χ3v) is 4.01. The maximum absolute atomic E-state index is 6.09. The third kappa shape index (κ3) is 1.61. The van der Waals surface area contributed by atoms with Gasteiger partial charge in [-0.1, -0.05) is 17.7 Å². The van der Waals surface area contributed by atoms with Gasteiger partial charge in [0.15, 0.2) is 0 Å². The van der Waals surface area contributed by atoms with Crippen molar-refractivity contribution >= 4 is 17.0 Å². The molecule has 0 bridgehead atoms. The molecule has 1 aromatic rings. The van der Waals surface area contributed by atoms with E-state index in [-0.39, 0.29) is 5.60 Å². The molecule has 0 unspecified atom stereocenters. The number of nitrogens with zero attached hydrogens (tertiary/aromatic N) is 1. The highest BCUT2D eigenvalue weighted by Gasteiger charge is 2.32. The van der Waals surface area contributed by atoms with Crippen LogP contribution in [0.15, 0.2) is 52.8 Å². The highest BCUT2D eigenvalue weighted by molar-refractivity contribution is 6.31. The minimum atomic E-state index is -0.224. The molecule has 4 rings (SSSR count). The molecule has 0 aromatic heterocycles. The zero-order valence-electron chi connectivity index (χ0n) is 12.0. The van der Waals surface area contributed by atoms with Gasteiger partial charge in [-0.2, -0.15) is 0 Å². The first-order valence-corrected chi connectivity index (χ1v) is 7.05. The van der Waals surface area contributed by atoms with Crippen LogP contribution in [-0.4, -0.2) is 11.3 Å². The fourth-order valence-corrected chi connectivity index (χ4v) is 3.04. The Hall–Kier alpha value is -2.09. The first-order chi connectivity index (χ1) is 9.53. The first-order valence-electron chi connectivity index (χ1n) is 7.05. The van der Waals surface area contributed by atoms with E-state index in [0.717, 1.165) is 23.6 Å². The summed E-state index contributed by atoms with van der Waals surface area (Å²) >= 11 is 0. The van der Waals surface area contributed by atoms with Crippen molar-refractivity contribution in [2.24, 2.45) is 4.99 Å². The molecule has 3 aliphatic rings. The average Bonchev–Trinajstić information content (AvgIpc) is 2.75. The molecule has 20 heavy (non-hydrogen) atoms. The van der Waals surface area contributed by atoms with Gasteiger partial charge in [0.1, 0.15) is 11.4 Å². The van der Waals surface area contributed by atoms with Crippen LogP contribution in [0.5, 0.6) is 0 Å². The number of rotatable bonds is 0. The number of benzene rings is 1. The molecule has 0 spiro atoms. The Kier molecular flexibility index (Phi) is 2.18. The first kappa shape index (κ1) is 11.7. The summed E-state index contributed by atoms with van der Waals surface area (Å²) in [5.41, 5.74) is 6.97. The molecular weight excluding hydrogens is 246 g/mol. The van der Waals surface area contributed by atoms with Gasteiger partial charge in [-0.05, 0) is 45.1 Å². The Morgan fingerprint density at radius 2 is 2.10 bits per heavy atom. The molecule has 0 fully saturated rings. The van der Waals surface area contributed by atoms with Crippen LogP contribution in [-0.2, 0) is 4.74 Å². The topological polar surface area (TPSA) is 21.6 Å². The number of allylic oxidation sites excluding steroid dienone is 3. The number of aryl methyl sites for hydroxylation is 1. The van der Waals surface area contributed by atoms with E-state index >= 15 is 0 Å². The molecule has 0 N–H and O–H groups in total. The summed E-state index contributed by atoms with van der Waals surface area (Å²) in [7, 11) is 0. The second kappa shape index (κ2) is 3.72. The number of aliphatic imine (C=N–C) groups is 1. The molecule has 0 saturated heterocycles. The SMILES string of the molecule is Cc1ccc2c(c1)C1=C3C=CC(C)(C)OC3=CCC1=N2. The summed E-state index contributed by atoms with van der Waals surface area (Å²) < 4.78 is 6.09. The van der Waals surface area contributed by atoms with Crippen LogP contribution in [0.4, 0.5) is 5.69 Å². The van der Waals surface area contributed by atoms with Crippen LogP contribution < -0.4 is 0 Å². The summed E-state index contributed by atoms with van der Waals surface area (Å²) in [4.78, 5) is 4.77. The second-order valence-electron chi connectivity index (χ2n) is 6.18. The molecule has 1 aliphatic carbocycles. The molecule has 2 aliphatic heterocycles. The Labute approximate surface area is 119 Å². The average molecular weight is 263 g/mol. The van der Waals surface area contributed by atoms with Crippen LogP contribution in [0.2, 0.25) is 0 Å². The van der Waals surface area contributed by atoms with E-state index < -0.39 is 0 Å². The van der Waals surface area contributed by atoms with Crippen LogP contribution >= 0.6 is 0 Å². The highest BCUT2D eigenvalue weighted by Crippen LogP contribution is 2.44. The van der Waals surface area contributed by atoms with Crippen LogP contribution in [0.1, 0.15) is 31.4 Å². The summed E-state index contributed by atoms with van der Waals surface area (Å²) in [6.07, 6.45) is 7.33. The minimum Gasteiger partial charge on any atom is -0.483 e. The Morgan fingerprint density at radius 1 is 1.25 bits per heavy atom. The summed E-state index contributed by atoms with van der Waals surface area (Å²) in [6, 6.07) is 6.46. The van der Waals surface area contributed by atoms with Gasteiger partial charge in [-0.3, -0.25) is 4.99 Å².